The van der Waals surface area contributed by atoms with Gasteiger partial charge in [-0.2, -0.15) is 5.26 Å². The molecular formula is C21H19N3O. The molecule has 0 amide bonds. The summed E-state index contributed by atoms with van der Waals surface area (Å²) in [7, 11) is 0. The number of aromatic nitrogens is 2. The van der Waals surface area contributed by atoms with Gasteiger partial charge >= 0.3 is 0 Å². The predicted octanol–water partition coefficient (Wildman–Crippen LogP) is 4.81. The first-order chi connectivity index (χ1) is 12.1. The molecule has 25 heavy (non-hydrogen) atoms. The van der Waals surface area contributed by atoms with Gasteiger partial charge in [-0.1, -0.05) is 24.8 Å². The van der Waals surface area contributed by atoms with Crippen molar-refractivity contribution >= 4 is 22.7 Å². The topological polar surface area (TPSA) is 61.7 Å². The minimum absolute atomic E-state index is 0.445. The first kappa shape index (κ1) is 16.5. The van der Waals surface area contributed by atoms with Crippen molar-refractivity contribution in [2.24, 2.45) is 0 Å². The van der Waals surface area contributed by atoms with Crippen molar-refractivity contribution in [3.05, 3.63) is 71.6 Å². The minimum Gasteiger partial charge on any atom is -0.490 e. The molecule has 4 nitrogen and oxygen atoms in total. The van der Waals surface area contributed by atoms with Crippen LogP contribution in [0, 0.1) is 25.2 Å². The Labute approximate surface area is 147 Å². The molecule has 3 rings (SSSR count). The number of aromatic amines is 1. The van der Waals surface area contributed by atoms with Crippen molar-refractivity contribution in [3.8, 4) is 11.8 Å². The van der Waals surface area contributed by atoms with E-state index in [4.69, 9.17) is 4.74 Å². The fourth-order valence-electron chi connectivity index (χ4n) is 2.57. The number of hydrogen-bond acceptors (Lipinski definition) is 3. The van der Waals surface area contributed by atoms with E-state index in [1.807, 2.05) is 30.3 Å². The predicted molar refractivity (Wildman–Crippen MR) is 101 cm³/mol. The Kier molecular flexibility index (Phi) is 4.67. The van der Waals surface area contributed by atoms with E-state index in [2.05, 4.69) is 42.5 Å². The molecule has 0 atom stereocenters. The molecule has 0 aliphatic heterocycles. The van der Waals surface area contributed by atoms with Gasteiger partial charge in [0.2, 0.25) is 0 Å². The smallest absolute Gasteiger partial charge is 0.149 e. The number of benzene rings is 2. The Hall–Kier alpha value is -3.32. The summed E-state index contributed by atoms with van der Waals surface area (Å²) in [5, 5.41) is 9.56. The number of ether oxygens (including phenoxy) is 1. The molecule has 1 N–H and O–H groups in total. The van der Waals surface area contributed by atoms with Gasteiger partial charge in [-0.25, -0.2) is 4.98 Å². The molecule has 0 saturated heterocycles. The highest BCUT2D eigenvalue weighted by atomic mass is 16.5. The van der Waals surface area contributed by atoms with Crippen LogP contribution in [0.4, 0.5) is 0 Å². The van der Waals surface area contributed by atoms with Crippen LogP contribution in [-0.4, -0.2) is 16.6 Å². The number of rotatable bonds is 5. The van der Waals surface area contributed by atoms with Crippen LogP contribution >= 0.6 is 0 Å². The number of nitrogens with zero attached hydrogens (tertiary/aromatic N) is 2. The van der Waals surface area contributed by atoms with Crippen molar-refractivity contribution in [1.29, 1.82) is 5.26 Å². The normalized spacial score (nSPS) is 11.3. The van der Waals surface area contributed by atoms with Crippen LogP contribution in [0.1, 0.15) is 22.5 Å². The summed E-state index contributed by atoms with van der Waals surface area (Å²) in [5.41, 5.74) is 5.53. The Morgan fingerprint density at radius 2 is 2.08 bits per heavy atom. The largest absolute Gasteiger partial charge is 0.490 e. The molecule has 0 spiro atoms. The number of fused-ring (bicyclic) bond motifs is 1. The zero-order chi connectivity index (χ0) is 17.8. The zero-order valence-electron chi connectivity index (χ0n) is 14.3. The quantitative estimate of drug-likeness (QED) is 0.540. The van der Waals surface area contributed by atoms with Gasteiger partial charge in [-0.3, -0.25) is 0 Å². The molecule has 0 bridgehead atoms. The zero-order valence-corrected chi connectivity index (χ0v) is 14.3. The van der Waals surface area contributed by atoms with E-state index < -0.39 is 0 Å². The molecular weight excluding hydrogens is 310 g/mol. The third-order valence-corrected chi connectivity index (χ3v) is 4.01. The Bertz CT molecular complexity index is 967. The fourth-order valence-corrected chi connectivity index (χ4v) is 2.57. The van der Waals surface area contributed by atoms with E-state index >= 15 is 0 Å². The van der Waals surface area contributed by atoms with Gasteiger partial charge < -0.3 is 9.72 Å². The van der Waals surface area contributed by atoms with Crippen LogP contribution in [0.15, 0.2) is 49.1 Å². The second-order valence-corrected chi connectivity index (χ2v) is 5.88. The van der Waals surface area contributed by atoms with Crippen molar-refractivity contribution in [2.75, 3.05) is 6.61 Å². The van der Waals surface area contributed by atoms with E-state index in [0.29, 0.717) is 18.0 Å². The van der Waals surface area contributed by atoms with Crippen molar-refractivity contribution in [3.63, 3.8) is 0 Å². The maximum absolute atomic E-state index is 9.56. The van der Waals surface area contributed by atoms with Crippen molar-refractivity contribution < 1.29 is 4.74 Å². The molecule has 0 aliphatic rings. The van der Waals surface area contributed by atoms with Crippen molar-refractivity contribution in [2.45, 2.75) is 13.8 Å². The second kappa shape index (κ2) is 7.06. The number of hydrogen-bond donors (Lipinski definition) is 1. The Morgan fingerprint density at radius 3 is 2.84 bits per heavy atom. The Balaban J connectivity index is 1.98. The van der Waals surface area contributed by atoms with Gasteiger partial charge in [-0.05, 0) is 60.9 Å². The van der Waals surface area contributed by atoms with E-state index in [1.165, 1.54) is 11.1 Å². The van der Waals surface area contributed by atoms with Gasteiger partial charge in [0.15, 0.2) is 0 Å². The lowest BCUT2D eigenvalue weighted by atomic mass is 10.1. The monoisotopic (exact) mass is 329 g/mol. The van der Waals surface area contributed by atoms with Gasteiger partial charge in [0.05, 0.1) is 16.6 Å². The van der Waals surface area contributed by atoms with Gasteiger partial charge in [0, 0.05) is 0 Å². The molecule has 124 valence electrons. The van der Waals surface area contributed by atoms with Crippen LogP contribution in [-0.2, 0) is 0 Å². The van der Waals surface area contributed by atoms with Crippen molar-refractivity contribution in [1.82, 2.24) is 9.97 Å². The summed E-state index contributed by atoms with van der Waals surface area (Å²) in [4.78, 5) is 7.80. The maximum Gasteiger partial charge on any atom is 0.149 e. The number of allylic oxidation sites excluding steroid dienone is 1. The van der Waals surface area contributed by atoms with Crippen LogP contribution in [0.25, 0.3) is 22.7 Å². The molecule has 0 radical (unpaired) electrons. The van der Waals surface area contributed by atoms with E-state index in [9.17, 15) is 5.26 Å². The van der Waals surface area contributed by atoms with Crippen LogP contribution in [0.3, 0.4) is 0 Å². The van der Waals surface area contributed by atoms with E-state index in [0.717, 1.165) is 22.3 Å². The number of nitrogens with one attached hydrogen (secondary N) is 1. The number of aryl methyl sites for hydroxylation is 2. The number of nitriles is 1. The van der Waals surface area contributed by atoms with Crippen LogP contribution in [0.5, 0.6) is 5.75 Å². The van der Waals surface area contributed by atoms with E-state index in [-0.39, 0.29) is 0 Å². The standard InChI is InChI=1S/C21H19N3O/c1-4-8-25-18-7-5-6-16(12-18)11-17(13-22)21-23-19-9-14(2)15(3)10-20(19)24-21/h4-7,9-12H,1,8H2,2-3H3,(H,23,24). The van der Waals surface area contributed by atoms with Crippen LogP contribution < -0.4 is 4.74 Å². The average molecular weight is 329 g/mol. The average Bonchev–Trinajstić information content (AvgIpc) is 3.01. The highest BCUT2D eigenvalue weighted by Crippen LogP contribution is 2.23. The minimum atomic E-state index is 0.445. The molecule has 3 aromatic rings. The second-order valence-electron chi connectivity index (χ2n) is 5.88. The summed E-state index contributed by atoms with van der Waals surface area (Å²) < 4.78 is 5.54. The molecule has 2 aromatic carbocycles. The number of imidazole rings is 1. The van der Waals surface area contributed by atoms with Gasteiger partial charge in [-0.15, -0.1) is 0 Å². The highest BCUT2D eigenvalue weighted by Gasteiger charge is 2.09. The van der Waals surface area contributed by atoms with Gasteiger partial charge in [0.1, 0.15) is 24.3 Å². The molecule has 0 aliphatic carbocycles. The van der Waals surface area contributed by atoms with Gasteiger partial charge in [0.25, 0.3) is 0 Å². The van der Waals surface area contributed by atoms with Crippen LogP contribution in [0.2, 0.25) is 0 Å². The summed E-state index contributed by atoms with van der Waals surface area (Å²) >= 11 is 0. The SMILES string of the molecule is C=CCOc1cccc(C=C(C#N)c2nc3cc(C)c(C)cc3[nH]2)c1. The summed E-state index contributed by atoms with van der Waals surface area (Å²) in [6, 6.07) is 13.9. The lowest BCUT2D eigenvalue weighted by Gasteiger charge is -2.03. The molecule has 4 heteroatoms. The summed E-state index contributed by atoms with van der Waals surface area (Å²) in [6.07, 6.45) is 3.50. The summed E-state index contributed by atoms with van der Waals surface area (Å²) in [5.74, 6) is 1.31. The molecule has 0 fully saturated rings. The first-order valence-corrected chi connectivity index (χ1v) is 8.03. The molecule has 1 heterocycles. The third-order valence-electron chi connectivity index (χ3n) is 4.01. The number of H-pyrrole nitrogens is 1. The highest BCUT2D eigenvalue weighted by molar-refractivity contribution is 5.90. The molecule has 0 unspecified atom stereocenters. The first-order valence-electron chi connectivity index (χ1n) is 8.03. The lowest BCUT2D eigenvalue weighted by Crippen LogP contribution is -1.92. The maximum atomic E-state index is 9.56. The summed E-state index contributed by atoms with van der Waals surface area (Å²) in [6.45, 7) is 8.20. The Morgan fingerprint density at radius 1 is 1.28 bits per heavy atom. The van der Waals surface area contributed by atoms with E-state index in [1.54, 1.807) is 12.2 Å². The fraction of sp³-hybridized carbons (Fsp3) is 0.143. The lowest BCUT2D eigenvalue weighted by molar-refractivity contribution is 0.363. The molecule has 0 saturated carbocycles. The molecule has 1 aromatic heterocycles. The third kappa shape index (κ3) is 3.61.